The lowest BCUT2D eigenvalue weighted by molar-refractivity contribution is 0.302. The molecule has 4 heteroatoms. The summed E-state index contributed by atoms with van der Waals surface area (Å²) in [5, 5.41) is 4.67. The number of aryl methyl sites for hydroxylation is 2. The third-order valence-electron chi connectivity index (χ3n) is 3.16. The van der Waals surface area contributed by atoms with Crippen molar-refractivity contribution in [1.29, 1.82) is 0 Å². The molecule has 2 aromatic heterocycles. The summed E-state index contributed by atoms with van der Waals surface area (Å²) in [6, 6.07) is 2.10. The average Bonchev–Trinajstić information content (AvgIpc) is 2.53. The minimum atomic E-state index is -0.0167. The summed E-state index contributed by atoms with van der Waals surface area (Å²) in [7, 11) is 0. The number of anilines is 1. The molecule has 0 fully saturated rings. The highest BCUT2D eigenvalue weighted by atomic mass is 15.1. The van der Waals surface area contributed by atoms with Gasteiger partial charge in [0.05, 0.1) is 5.39 Å². The molecule has 2 heterocycles. The number of rotatable bonds is 3. The van der Waals surface area contributed by atoms with Gasteiger partial charge in [0, 0.05) is 11.2 Å². The number of aromatic amines is 1. The van der Waals surface area contributed by atoms with Crippen molar-refractivity contribution in [2.24, 2.45) is 5.41 Å². The van der Waals surface area contributed by atoms with Crippen molar-refractivity contribution in [2.45, 2.75) is 60.4 Å². The highest BCUT2D eigenvalue weighted by Crippen LogP contribution is 2.31. The lowest BCUT2D eigenvalue weighted by Gasteiger charge is -2.34. The zero-order valence-corrected chi connectivity index (χ0v) is 13.7. The molecule has 0 aliphatic heterocycles. The van der Waals surface area contributed by atoms with E-state index >= 15 is 0 Å². The van der Waals surface area contributed by atoms with Gasteiger partial charge in [-0.15, -0.1) is 0 Å². The van der Waals surface area contributed by atoms with Crippen LogP contribution in [0.25, 0.3) is 11.0 Å². The molecule has 0 aromatic carbocycles. The lowest BCUT2D eigenvalue weighted by Crippen LogP contribution is -2.35. The van der Waals surface area contributed by atoms with Gasteiger partial charge in [-0.1, -0.05) is 20.8 Å². The first kappa shape index (κ1) is 14.8. The van der Waals surface area contributed by atoms with E-state index in [0.717, 1.165) is 34.8 Å². The second-order valence-corrected chi connectivity index (χ2v) is 7.58. The van der Waals surface area contributed by atoms with Crippen LogP contribution < -0.4 is 5.32 Å². The van der Waals surface area contributed by atoms with Gasteiger partial charge < -0.3 is 10.3 Å². The van der Waals surface area contributed by atoms with Crippen molar-refractivity contribution in [1.82, 2.24) is 15.0 Å². The van der Waals surface area contributed by atoms with Gasteiger partial charge in [-0.25, -0.2) is 9.97 Å². The Balaban J connectivity index is 2.38. The first-order chi connectivity index (χ1) is 9.06. The van der Waals surface area contributed by atoms with Gasteiger partial charge >= 0.3 is 0 Å². The number of H-pyrrole nitrogens is 1. The maximum absolute atomic E-state index is 4.59. The Morgan fingerprint density at radius 1 is 1.10 bits per heavy atom. The van der Waals surface area contributed by atoms with Crippen molar-refractivity contribution >= 4 is 16.9 Å². The van der Waals surface area contributed by atoms with Gasteiger partial charge in [-0.05, 0) is 45.6 Å². The summed E-state index contributed by atoms with van der Waals surface area (Å²) in [5.74, 6) is 1.71. The van der Waals surface area contributed by atoms with E-state index in [1.54, 1.807) is 0 Å². The van der Waals surface area contributed by atoms with Crippen LogP contribution in [0.2, 0.25) is 0 Å². The zero-order chi connectivity index (χ0) is 15.1. The molecule has 2 N–H and O–H groups in total. The Morgan fingerprint density at radius 2 is 1.75 bits per heavy atom. The predicted molar refractivity (Wildman–Crippen MR) is 85.1 cm³/mol. The zero-order valence-electron chi connectivity index (χ0n) is 13.7. The van der Waals surface area contributed by atoms with E-state index < -0.39 is 0 Å². The molecule has 0 saturated carbocycles. The monoisotopic (exact) mass is 274 g/mol. The van der Waals surface area contributed by atoms with E-state index in [1.807, 2.05) is 13.8 Å². The first-order valence-corrected chi connectivity index (χ1v) is 7.18. The molecule has 0 amide bonds. The maximum atomic E-state index is 4.59. The Labute approximate surface area is 121 Å². The average molecular weight is 274 g/mol. The van der Waals surface area contributed by atoms with Crippen molar-refractivity contribution in [3.05, 3.63) is 17.6 Å². The topological polar surface area (TPSA) is 53.6 Å². The van der Waals surface area contributed by atoms with Gasteiger partial charge in [0.2, 0.25) is 0 Å². The smallest absolute Gasteiger partial charge is 0.143 e. The van der Waals surface area contributed by atoms with E-state index in [9.17, 15) is 0 Å². The van der Waals surface area contributed by atoms with Crippen molar-refractivity contribution in [3.8, 4) is 0 Å². The highest BCUT2D eigenvalue weighted by molar-refractivity contribution is 5.88. The van der Waals surface area contributed by atoms with E-state index in [2.05, 4.69) is 61.0 Å². The molecule has 0 saturated heterocycles. The van der Waals surface area contributed by atoms with Crippen LogP contribution in [-0.2, 0) is 0 Å². The number of nitrogens with one attached hydrogen (secondary N) is 2. The van der Waals surface area contributed by atoms with Crippen LogP contribution >= 0.6 is 0 Å². The summed E-state index contributed by atoms with van der Waals surface area (Å²) < 4.78 is 0. The molecule has 20 heavy (non-hydrogen) atoms. The third-order valence-corrected chi connectivity index (χ3v) is 3.16. The molecule has 4 nitrogen and oxygen atoms in total. The second kappa shape index (κ2) is 4.76. The van der Waals surface area contributed by atoms with E-state index in [-0.39, 0.29) is 11.0 Å². The Morgan fingerprint density at radius 3 is 2.35 bits per heavy atom. The molecule has 0 unspecified atom stereocenters. The number of hydrogen-bond acceptors (Lipinski definition) is 3. The molecule has 0 bridgehead atoms. The van der Waals surface area contributed by atoms with Crippen molar-refractivity contribution in [3.63, 3.8) is 0 Å². The predicted octanol–water partition coefficient (Wildman–Crippen LogP) is 4.20. The second-order valence-electron chi connectivity index (χ2n) is 7.58. The summed E-state index contributed by atoms with van der Waals surface area (Å²) >= 11 is 0. The Hall–Kier alpha value is -1.58. The highest BCUT2D eigenvalue weighted by Gasteiger charge is 2.26. The molecular formula is C16H26N4. The van der Waals surface area contributed by atoms with Gasteiger partial charge in [-0.2, -0.15) is 0 Å². The van der Waals surface area contributed by atoms with Gasteiger partial charge in [0.25, 0.3) is 0 Å². The minimum absolute atomic E-state index is 0.0167. The molecule has 0 aliphatic carbocycles. The molecule has 0 atom stereocenters. The molecule has 2 aromatic rings. The lowest BCUT2D eigenvalue weighted by atomic mass is 9.82. The molecule has 110 valence electrons. The van der Waals surface area contributed by atoms with Crippen LogP contribution in [0.15, 0.2) is 6.07 Å². The van der Waals surface area contributed by atoms with E-state index in [4.69, 9.17) is 0 Å². The van der Waals surface area contributed by atoms with E-state index in [1.165, 1.54) is 0 Å². The fourth-order valence-corrected chi connectivity index (χ4v) is 3.04. The fraction of sp³-hybridized carbons (Fsp3) is 0.625. The number of fused-ring (bicyclic) bond motifs is 1. The number of nitrogens with zero attached hydrogens (tertiary/aromatic N) is 2. The SMILES string of the molecule is Cc1nc(NC(C)(C)CC(C)(C)C)c2cc(C)[nH]c2n1. The number of hydrogen-bond donors (Lipinski definition) is 2. The molecule has 0 spiro atoms. The first-order valence-electron chi connectivity index (χ1n) is 7.18. The van der Waals surface area contributed by atoms with Gasteiger partial charge in [-0.3, -0.25) is 0 Å². The van der Waals surface area contributed by atoms with Crippen LogP contribution in [0, 0.1) is 19.3 Å². The normalized spacial score (nSPS) is 12.9. The largest absolute Gasteiger partial charge is 0.365 e. The summed E-state index contributed by atoms with van der Waals surface area (Å²) in [6.07, 6.45) is 1.06. The summed E-state index contributed by atoms with van der Waals surface area (Å²) in [5.41, 5.74) is 2.27. The van der Waals surface area contributed by atoms with Crippen molar-refractivity contribution in [2.75, 3.05) is 5.32 Å². The van der Waals surface area contributed by atoms with Gasteiger partial charge in [0.15, 0.2) is 0 Å². The van der Waals surface area contributed by atoms with Crippen LogP contribution in [0.1, 0.15) is 52.6 Å². The molecule has 0 radical (unpaired) electrons. The van der Waals surface area contributed by atoms with Gasteiger partial charge in [0.1, 0.15) is 17.3 Å². The minimum Gasteiger partial charge on any atom is -0.365 e. The third kappa shape index (κ3) is 3.50. The van der Waals surface area contributed by atoms with Crippen LogP contribution in [0.3, 0.4) is 0 Å². The molecule has 2 rings (SSSR count). The van der Waals surface area contributed by atoms with Crippen LogP contribution in [0.4, 0.5) is 5.82 Å². The Bertz CT molecular complexity index is 617. The number of aromatic nitrogens is 3. The van der Waals surface area contributed by atoms with Crippen LogP contribution in [0.5, 0.6) is 0 Å². The van der Waals surface area contributed by atoms with Crippen molar-refractivity contribution < 1.29 is 0 Å². The summed E-state index contributed by atoms with van der Waals surface area (Å²) in [6.45, 7) is 15.2. The standard InChI is InChI=1S/C16H26N4/c1-10-8-12-13(17-10)18-11(2)19-14(12)20-16(6,7)9-15(3,4)5/h8H,9H2,1-7H3,(H2,17,18,19,20). The van der Waals surface area contributed by atoms with Crippen LogP contribution in [-0.4, -0.2) is 20.5 Å². The quantitative estimate of drug-likeness (QED) is 0.882. The molecular weight excluding hydrogens is 248 g/mol. The maximum Gasteiger partial charge on any atom is 0.143 e. The van der Waals surface area contributed by atoms with E-state index in [0.29, 0.717) is 0 Å². The molecule has 0 aliphatic rings. The summed E-state index contributed by atoms with van der Waals surface area (Å²) in [4.78, 5) is 12.3. The Kier molecular flexibility index (Phi) is 3.53. The fourth-order valence-electron chi connectivity index (χ4n) is 3.04.